The lowest BCUT2D eigenvalue weighted by atomic mass is 10.1. The molecule has 0 spiro atoms. The van der Waals surface area contributed by atoms with E-state index in [1.165, 1.54) is 12.1 Å². The topological polar surface area (TPSA) is 108 Å². The van der Waals surface area contributed by atoms with Gasteiger partial charge >= 0.3 is 0 Å². The first kappa shape index (κ1) is 15.9. The van der Waals surface area contributed by atoms with Gasteiger partial charge in [0.15, 0.2) is 11.5 Å². The Balaban J connectivity index is 1.64. The highest BCUT2D eigenvalue weighted by molar-refractivity contribution is 5.95. The van der Waals surface area contributed by atoms with Crippen molar-refractivity contribution in [1.29, 1.82) is 0 Å². The second-order valence-electron chi connectivity index (χ2n) is 5.37. The summed E-state index contributed by atoms with van der Waals surface area (Å²) in [6.07, 6.45) is -0.935. The van der Waals surface area contributed by atoms with Gasteiger partial charge in [0.1, 0.15) is 24.7 Å². The van der Waals surface area contributed by atoms with Gasteiger partial charge in [-0.25, -0.2) is 0 Å². The van der Waals surface area contributed by atoms with Gasteiger partial charge in [-0.1, -0.05) is 6.07 Å². The molecule has 24 heavy (non-hydrogen) atoms. The standard InChI is InChI=1S/C17H17NO6/c19-12-5-11(6-13(20)8-12)17(22)18-9-14(21)10-1-2-15-16(7-10)24-4-3-23-15/h1-2,5-8,14,19-21H,3-4,9H2,(H,18,22). The molecular formula is C17H17NO6. The number of hydrogen-bond acceptors (Lipinski definition) is 6. The van der Waals surface area contributed by atoms with Crippen LogP contribution in [-0.2, 0) is 0 Å². The summed E-state index contributed by atoms with van der Waals surface area (Å²) < 4.78 is 10.9. The van der Waals surface area contributed by atoms with Crippen LogP contribution in [0.3, 0.4) is 0 Å². The number of aliphatic hydroxyl groups is 1. The molecule has 0 saturated heterocycles. The second kappa shape index (κ2) is 6.67. The maximum Gasteiger partial charge on any atom is 0.251 e. The fraction of sp³-hybridized carbons (Fsp3) is 0.235. The molecule has 0 bridgehead atoms. The molecule has 0 aromatic heterocycles. The summed E-state index contributed by atoms with van der Waals surface area (Å²) in [5.74, 6) is 0.233. The zero-order chi connectivity index (χ0) is 17.1. The lowest BCUT2D eigenvalue weighted by Gasteiger charge is -2.20. The summed E-state index contributed by atoms with van der Waals surface area (Å²) >= 11 is 0. The minimum absolute atomic E-state index is 0.0328. The van der Waals surface area contributed by atoms with Crippen molar-refractivity contribution in [1.82, 2.24) is 5.32 Å². The van der Waals surface area contributed by atoms with Gasteiger partial charge in [0.25, 0.3) is 5.91 Å². The number of rotatable bonds is 4. The number of hydrogen-bond donors (Lipinski definition) is 4. The molecule has 1 aliphatic rings. The van der Waals surface area contributed by atoms with E-state index in [0.717, 1.165) is 6.07 Å². The Bertz CT molecular complexity index is 740. The highest BCUT2D eigenvalue weighted by Crippen LogP contribution is 2.32. The van der Waals surface area contributed by atoms with Crippen molar-refractivity contribution < 1.29 is 29.6 Å². The van der Waals surface area contributed by atoms with Crippen LogP contribution in [-0.4, -0.2) is 41.0 Å². The maximum atomic E-state index is 12.0. The molecule has 0 radical (unpaired) electrons. The zero-order valence-electron chi connectivity index (χ0n) is 12.7. The van der Waals surface area contributed by atoms with Crippen molar-refractivity contribution in [3.63, 3.8) is 0 Å². The maximum absolute atomic E-state index is 12.0. The highest BCUT2D eigenvalue weighted by atomic mass is 16.6. The molecule has 3 rings (SSSR count). The van der Waals surface area contributed by atoms with E-state index < -0.39 is 12.0 Å². The van der Waals surface area contributed by atoms with E-state index in [9.17, 15) is 20.1 Å². The van der Waals surface area contributed by atoms with Crippen LogP contribution in [0.25, 0.3) is 0 Å². The van der Waals surface area contributed by atoms with E-state index in [-0.39, 0.29) is 23.6 Å². The number of fused-ring (bicyclic) bond motifs is 1. The van der Waals surface area contributed by atoms with Gasteiger partial charge in [-0.3, -0.25) is 4.79 Å². The first-order chi connectivity index (χ1) is 11.5. The van der Waals surface area contributed by atoms with Crippen LogP contribution in [0.5, 0.6) is 23.0 Å². The molecule has 1 unspecified atom stereocenters. The summed E-state index contributed by atoms with van der Waals surface area (Å²) in [5.41, 5.74) is 0.681. The molecule has 126 valence electrons. The SMILES string of the molecule is O=C(NCC(O)c1ccc2c(c1)OCCO2)c1cc(O)cc(O)c1. The van der Waals surface area contributed by atoms with Crippen LogP contribution in [0.15, 0.2) is 36.4 Å². The molecule has 0 saturated carbocycles. The predicted molar refractivity (Wildman–Crippen MR) is 84.5 cm³/mol. The smallest absolute Gasteiger partial charge is 0.251 e. The number of aromatic hydroxyl groups is 2. The van der Waals surface area contributed by atoms with E-state index in [4.69, 9.17) is 9.47 Å². The van der Waals surface area contributed by atoms with Crippen molar-refractivity contribution in [3.05, 3.63) is 47.5 Å². The Kier molecular flexibility index (Phi) is 4.43. The second-order valence-corrected chi connectivity index (χ2v) is 5.37. The summed E-state index contributed by atoms with van der Waals surface area (Å²) in [6.45, 7) is 0.904. The Morgan fingerprint density at radius 2 is 1.71 bits per heavy atom. The average molecular weight is 331 g/mol. The molecule has 1 aliphatic heterocycles. The average Bonchev–Trinajstić information content (AvgIpc) is 2.58. The number of aliphatic hydroxyl groups excluding tert-OH is 1. The first-order valence-corrected chi connectivity index (χ1v) is 7.42. The fourth-order valence-electron chi connectivity index (χ4n) is 2.40. The third-order valence-electron chi connectivity index (χ3n) is 3.57. The number of carbonyl (C=O) groups is 1. The number of amides is 1. The minimum Gasteiger partial charge on any atom is -0.508 e. The molecule has 0 aliphatic carbocycles. The third-order valence-corrected chi connectivity index (χ3v) is 3.57. The van der Waals surface area contributed by atoms with E-state index in [1.54, 1.807) is 18.2 Å². The zero-order valence-corrected chi connectivity index (χ0v) is 12.7. The van der Waals surface area contributed by atoms with Crippen LogP contribution < -0.4 is 14.8 Å². The van der Waals surface area contributed by atoms with E-state index in [1.807, 2.05) is 0 Å². The summed E-state index contributed by atoms with van der Waals surface area (Å²) in [4.78, 5) is 12.0. The van der Waals surface area contributed by atoms with Crippen molar-refractivity contribution in [3.8, 4) is 23.0 Å². The molecule has 4 N–H and O–H groups in total. The van der Waals surface area contributed by atoms with Gasteiger partial charge in [-0.05, 0) is 29.8 Å². The summed E-state index contributed by atoms with van der Waals surface area (Å²) in [7, 11) is 0. The van der Waals surface area contributed by atoms with Gasteiger partial charge in [-0.15, -0.1) is 0 Å². The van der Waals surface area contributed by atoms with E-state index in [2.05, 4.69) is 5.32 Å². The summed E-state index contributed by atoms with van der Waals surface area (Å²) in [6, 6.07) is 8.66. The van der Waals surface area contributed by atoms with E-state index in [0.29, 0.717) is 30.3 Å². The molecular weight excluding hydrogens is 314 g/mol. The van der Waals surface area contributed by atoms with Gasteiger partial charge in [-0.2, -0.15) is 0 Å². The Labute approximate surface area is 138 Å². The van der Waals surface area contributed by atoms with Crippen LogP contribution >= 0.6 is 0 Å². The minimum atomic E-state index is -0.935. The number of carbonyl (C=O) groups excluding carboxylic acids is 1. The monoisotopic (exact) mass is 331 g/mol. The molecule has 1 heterocycles. The van der Waals surface area contributed by atoms with Gasteiger partial charge in [0.2, 0.25) is 0 Å². The normalized spacial score (nSPS) is 14.0. The Morgan fingerprint density at radius 1 is 1.04 bits per heavy atom. The quantitative estimate of drug-likeness (QED) is 0.673. The molecule has 7 nitrogen and oxygen atoms in total. The highest BCUT2D eigenvalue weighted by Gasteiger charge is 2.16. The van der Waals surface area contributed by atoms with Crippen molar-refractivity contribution >= 4 is 5.91 Å². The number of phenolic OH excluding ortho intramolecular Hbond substituents is 2. The number of benzene rings is 2. The van der Waals surface area contributed by atoms with Crippen molar-refractivity contribution in [2.24, 2.45) is 0 Å². The van der Waals surface area contributed by atoms with Crippen molar-refractivity contribution in [2.45, 2.75) is 6.10 Å². The van der Waals surface area contributed by atoms with E-state index >= 15 is 0 Å². The number of nitrogens with one attached hydrogen (secondary N) is 1. The van der Waals surface area contributed by atoms with Gasteiger partial charge < -0.3 is 30.1 Å². The fourth-order valence-corrected chi connectivity index (χ4v) is 2.40. The third kappa shape index (κ3) is 3.52. The largest absolute Gasteiger partial charge is 0.508 e. The molecule has 7 heteroatoms. The lowest BCUT2D eigenvalue weighted by Crippen LogP contribution is -2.28. The predicted octanol–water partition coefficient (Wildman–Crippen LogP) is 1.33. The molecule has 1 amide bonds. The molecule has 2 aromatic rings. The molecule has 1 atom stereocenters. The Hall–Kier alpha value is -2.93. The first-order valence-electron chi connectivity index (χ1n) is 7.42. The number of phenols is 2. The van der Waals surface area contributed by atoms with Gasteiger partial charge in [0, 0.05) is 18.2 Å². The van der Waals surface area contributed by atoms with Crippen molar-refractivity contribution in [2.75, 3.05) is 19.8 Å². The number of ether oxygens (including phenoxy) is 2. The molecule has 0 fully saturated rings. The van der Waals surface area contributed by atoms with Crippen LogP contribution in [0.4, 0.5) is 0 Å². The van der Waals surface area contributed by atoms with Crippen LogP contribution in [0.2, 0.25) is 0 Å². The lowest BCUT2D eigenvalue weighted by molar-refractivity contribution is 0.0915. The van der Waals surface area contributed by atoms with Crippen LogP contribution in [0.1, 0.15) is 22.0 Å². The Morgan fingerprint density at radius 3 is 2.42 bits per heavy atom. The molecule has 2 aromatic carbocycles. The van der Waals surface area contributed by atoms with Gasteiger partial charge in [0.05, 0.1) is 6.10 Å². The summed E-state index contributed by atoms with van der Waals surface area (Å²) in [5, 5.41) is 31.6. The van der Waals surface area contributed by atoms with Crippen LogP contribution in [0, 0.1) is 0 Å².